The van der Waals surface area contributed by atoms with Crippen LogP contribution in [0.1, 0.15) is 38.9 Å². The molecule has 9 heteroatoms. The zero-order valence-electron chi connectivity index (χ0n) is 14.9. The molecule has 9 nitrogen and oxygen atoms in total. The van der Waals surface area contributed by atoms with Crippen molar-refractivity contribution in [2.45, 2.75) is 19.9 Å². The van der Waals surface area contributed by atoms with Gasteiger partial charge in [0.25, 0.3) is 17.6 Å². The summed E-state index contributed by atoms with van der Waals surface area (Å²) in [7, 11) is 1.52. The lowest BCUT2D eigenvalue weighted by Crippen LogP contribution is -2.35. The minimum atomic E-state index is -0.376. The Morgan fingerprint density at radius 3 is 2.85 bits per heavy atom. The monoisotopic (exact) mass is 358 g/mol. The van der Waals surface area contributed by atoms with Gasteiger partial charge in [-0.05, 0) is 25.0 Å². The highest BCUT2D eigenvalue weighted by Crippen LogP contribution is 2.12. The van der Waals surface area contributed by atoms with Crippen LogP contribution in [0.2, 0.25) is 0 Å². The molecule has 0 saturated carbocycles. The Morgan fingerprint density at radius 1 is 1.23 bits per heavy atom. The summed E-state index contributed by atoms with van der Waals surface area (Å²) < 4.78 is 5.14. The predicted molar refractivity (Wildman–Crippen MR) is 92.5 cm³/mol. The first-order chi connectivity index (χ1) is 12.6. The van der Waals surface area contributed by atoms with Crippen molar-refractivity contribution in [2.75, 3.05) is 33.2 Å². The van der Waals surface area contributed by atoms with Gasteiger partial charge in [-0.1, -0.05) is 5.16 Å². The van der Waals surface area contributed by atoms with Gasteiger partial charge in [-0.15, -0.1) is 0 Å². The number of nitrogens with zero attached hydrogens (tertiary/aromatic N) is 5. The van der Waals surface area contributed by atoms with Crippen LogP contribution < -0.4 is 5.32 Å². The van der Waals surface area contributed by atoms with Gasteiger partial charge in [0.05, 0.1) is 12.1 Å². The Labute approximate surface area is 151 Å². The van der Waals surface area contributed by atoms with Crippen LogP contribution in [0.15, 0.2) is 23.0 Å². The maximum absolute atomic E-state index is 12.7. The average molecular weight is 358 g/mol. The van der Waals surface area contributed by atoms with E-state index in [0.717, 1.165) is 18.5 Å². The molecule has 1 aliphatic heterocycles. The molecule has 0 aromatic carbocycles. The zero-order valence-corrected chi connectivity index (χ0v) is 14.9. The molecule has 0 radical (unpaired) electrons. The first-order valence-corrected chi connectivity index (χ1v) is 8.55. The van der Waals surface area contributed by atoms with Gasteiger partial charge in [0.15, 0.2) is 0 Å². The van der Waals surface area contributed by atoms with Crippen molar-refractivity contribution in [2.24, 2.45) is 0 Å². The Bertz CT molecular complexity index is 790. The second-order valence-electron chi connectivity index (χ2n) is 6.26. The van der Waals surface area contributed by atoms with Crippen molar-refractivity contribution >= 4 is 11.8 Å². The van der Waals surface area contributed by atoms with E-state index in [1.165, 1.54) is 7.05 Å². The van der Waals surface area contributed by atoms with E-state index >= 15 is 0 Å². The minimum Gasteiger partial charge on any atom is -0.352 e. The van der Waals surface area contributed by atoms with Gasteiger partial charge in [0.2, 0.25) is 5.89 Å². The van der Waals surface area contributed by atoms with Gasteiger partial charge in [-0.3, -0.25) is 19.5 Å². The van der Waals surface area contributed by atoms with E-state index < -0.39 is 0 Å². The fourth-order valence-electron chi connectivity index (χ4n) is 2.90. The quantitative estimate of drug-likeness (QED) is 0.847. The lowest BCUT2D eigenvalue weighted by molar-refractivity contribution is 0.0759. The third-order valence-electron chi connectivity index (χ3n) is 4.25. The largest absolute Gasteiger partial charge is 0.352 e. The fraction of sp³-hybridized carbons (Fsp3) is 0.471. The van der Waals surface area contributed by atoms with Crippen molar-refractivity contribution in [1.82, 2.24) is 30.2 Å². The Balaban J connectivity index is 1.59. The number of hydrogen-bond donors (Lipinski definition) is 1. The summed E-state index contributed by atoms with van der Waals surface area (Å²) in [5.41, 5.74) is 1.58. The highest BCUT2D eigenvalue weighted by molar-refractivity contribution is 5.94. The molecule has 1 aliphatic rings. The molecule has 0 unspecified atom stereocenters. The molecule has 1 saturated heterocycles. The van der Waals surface area contributed by atoms with Crippen LogP contribution >= 0.6 is 0 Å². The van der Waals surface area contributed by atoms with Crippen molar-refractivity contribution in [1.29, 1.82) is 0 Å². The summed E-state index contributed by atoms with van der Waals surface area (Å²) in [6, 6.07) is 1.86. The number of rotatable bonds is 4. The molecular formula is C17H22N6O3. The SMILES string of the molecule is CNC(=O)c1noc(CN2CCCN(C(=O)c3cncc(C)c3)CC2)n1. The van der Waals surface area contributed by atoms with Crippen molar-refractivity contribution in [3.8, 4) is 0 Å². The van der Waals surface area contributed by atoms with Gasteiger partial charge in [-0.2, -0.15) is 4.98 Å². The fourth-order valence-corrected chi connectivity index (χ4v) is 2.90. The Hall–Kier alpha value is -2.81. The van der Waals surface area contributed by atoms with Gasteiger partial charge in [0.1, 0.15) is 0 Å². The summed E-state index contributed by atoms with van der Waals surface area (Å²) >= 11 is 0. The van der Waals surface area contributed by atoms with E-state index in [1.54, 1.807) is 12.4 Å². The van der Waals surface area contributed by atoms with Gasteiger partial charge in [-0.25, -0.2) is 0 Å². The third-order valence-corrected chi connectivity index (χ3v) is 4.25. The molecule has 0 aliphatic carbocycles. The van der Waals surface area contributed by atoms with Crippen LogP contribution in [0.4, 0.5) is 0 Å². The lowest BCUT2D eigenvalue weighted by atomic mass is 10.2. The zero-order chi connectivity index (χ0) is 18.5. The molecule has 3 heterocycles. The van der Waals surface area contributed by atoms with E-state index in [1.807, 2.05) is 17.9 Å². The van der Waals surface area contributed by atoms with E-state index in [2.05, 4.69) is 25.3 Å². The van der Waals surface area contributed by atoms with Crippen LogP contribution in [0, 0.1) is 6.92 Å². The van der Waals surface area contributed by atoms with Crippen LogP contribution in [-0.4, -0.2) is 70.0 Å². The average Bonchev–Trinajstić information content (AvgIpc) is 2.98. The summed E-state index contributed by atoms with van der Waals surface area (Å²) in [4.78, 5) is 36.3. The Kier molecular flexibility index (Phi) is 5.57. The first-order valence-electron chi connectivity index (χ1n) is 8.55. The van der Waals surface area contributed by atoms with E-state index in [4.69, 9.17) is 4.52 Å². The molecule has 2 aromatic rings. The molecule has 138 valence electrons. The minimum absolute atomic E-state index is 0.00254. The van der Waals surface area contributed by atoms with Crippen molar-refractivity contribution in [3.05, 3.63) is 41.3 Å². The van der Waals surface area contributed by atoms with Crippen LogP contribution in [-0.2, 0) is 6.54 Å². The number of nitrogens with one attached hydrogen (secondary N) is 1. The molecule has 0 spiro atoms. The van der Waals surface area contributed by atoms with E-state index in [-0.39, 0.29) is 17.6 Å². The molecule has 1 fully saturated rings. The number of pyridine rings is 1. The number of carbonyl (C=O) groups is 2. The molecular weight excluding hydrogens is 336 g/mol. The summed E-state index contributed by atoms with van der Waals surface area (Å²) in [5, 5.41) is 6.13. The normalized spacial score (nSPS) is 15.5. The van der Waals surface area contributed by atoms with Crippen LogP contribution in [0.3, 0.4) is 0 Å². The number of carbonyl (C=O) groups excluding carboxylic acids is 2. The van der Waals surface area contributed by atoms with E-state index in [9.17, 15) is 9.59 Å². The second-order valence-corrected chi connectivity index (χ2v) is 6.26. The number of aromatic nitrogens is 3. The molecule has 0 atom stereocenters. The third kappa shape index (κ3) is 4.23. The predicted octanol–water partition coefficient (Wildman–Crippen LogP) is 0.481. The standard InChI is InChI=1S/C17H22N6O3/c1-12-8-13(10-19-9-12)17(25)23-5-3-4-22(6-7-23)11-14-20-15(21-26-14)16(24)18-2/h8-10H,3-7,11H2,1-2H3,(H,18,24). The molecule has 1 N–H and O–H groups in total. The maximum Gasteiger partial charge on any atom is 0.292 e. The molecule has 0 bridgehead atoms. The number of hydrogen-bond acceptors (Lipinski definition) is 7. The summed E-state index contributed by atoms with van der Waals surface area (Å²) in [5.74, 6) is 0.0504. The topological polar surface area (TPSA) is 104 Å². The molecule has 26 heavy (non-hydrogen) atoms. The molecule has 2 aromatic heterocycles. The number of amides is 2. The second kappa shape index (κ2) is 8.05. The van der Waals surface area contributed by atoms with Gasteiger partial charge < -0.3 is 14.7 Å². The maximum atomic E-state index is 12.7. The number of aryl methyl sites for hydroxylation is 1. The van der Waals surface area contributed by atoms with Crippen molar-refractivity contribution < 1.29 is 14.1 Å². The smallest absolute Gasteiger partial charge is 0.292 e. The van der Waals surface area contributed by atoms with Crippen LogP contribution in [0.5, 0.6) is 0 Å². The van der Waals surface area contributed by atoms with Crippen LogP contribution in [0.25, 0.3) is 0 Å². The first kappa shape index (κ1) is 18.0. The lowest BCUT2D eigenvalue weighted by Gasteiger charge is -2.21. The summed E-state index contributed by atoms with van der Waals surface area (Å²) in [6.07, 6.45) is 4.19. The van der Waals surface area contributed by atoms with Gasteiger partial charge >= 0.3 is 0 Å². The van der Waals surface area contributed by atoms with E-state index in [0.29, 0.717) is 37.6 Å². The molecule has 2 amide bonds. The van der Waals surface area contributed by atoms with Gasteiger partial charge in [0, 0.05) is 45.6 Å². The Morgan fingerprint density at radius 2 is 2.08 bits per heavy atom. The highest BCUT2D eigenvalue weighted by Gasteiger charge is 2.22. The summed E-state index contributed by atoms with van der Waals surface area (Å²) in [6.45, 7) is 5.19. The molecule has 3 rings (SSSR count). The highest BCUT2D eigenvalue weighted by atomic mass is 16.5. The van der Waals surface area contributed by atoms with Crippen molar-refractivity contribution in [3.63, 3.8) is 0 Å².